The van der Waals surface area contributed by atoms with Gasteiger partial charge in [0, 0.05) is 24.8 Å². The number of fused-ring (bicyclic) bond motifs is 1. The predicted molar refractivity (Wildman–Crippen MR) is 49.5 cm³/mol. The summed E-state index contributed by atoms with van der Waals surface area (Å²) in [5.41, 5.74) is 2.55. The van der Waals surface area contributed by atoms with E-state index in [4.69, 9.17) is 9.47 Å². The van der Waals surface area contributed by atoms with E-state index in [2.05, 4.69) is 24.0 Å². The Morgan fingerprint density at radius 2 is 1.85 bits per heavy atom. The zero-order chi connectivity index (χ0) is 8.84. The fourth-order valence-corrected chi connectivity index (χ4v) is 1.66. The van der Waals surface area contributed by atoms with E-state index >= 15 is 0 Å². The molecule has 0 unspecified atom stereocenters. The molecule has 0 spiro atoms. The van der Waals surface area contributed by atoms with Crippen LogP contribution in [-0.4, -0.2) is 19.9 Å². The van der Waals surface area contributed by atoms with Crippen molar-refractivity contribution in [3.63, 3.8) is 0 Å². The standard InChI is InChI=1S/C10H11NO2/c1-7-4-9-10(13-6-12-9)5-8(7)11-2-3-11/h4-5H,2-3,6H2,1H3. The molecular formula is C10H11NO2. The van der Waals surface area contributed by atoms with Crippen molar-refractivity contribution >= 4 is 5.69 Å². The number of ether oxygens (including phenoxy) is 2. The average Bonchev–Trinajstić information content (AvgIpc) is 2.85. The van der Waals surface area contributed by atoms with Gasteiger partial charge in [-0.25, -0.2) is 0 Å². The first-order chi connectivity index (χ1) is 6.34. The second-order valence-corrected chi connectivity index (χ2v) is 3.48. The predicted octanol–water partition coefficient (Wildman–Crippen LogP) is 1.54. The number of aryl methyl sites for hydroxylation is 1. The molecule has 1 aromatic rings. The molecule has 2 aliphatic heterocycles. The molecular weight excluding hydrogens is 166 g/mol. The third-order valence-electron chi connectivity index (χ3n) is 2.48. The fourth-order valence-electron chi connectivity index (χ4n) is 1.66. The molecule has 0 atom stereocenters. The summed E-state index contributed by atoms with van der Waals surface area (Å²) in [6, 6.07) is 4.13. The second kappa shape index (κ2) is 2.31. The minimum atomic E-state index is 0.359. The van der Waals surface area contributed by atoms with Crippen LogP contribution in [0, 0.1) is 6.92 Å². The SMILES string of the molecule is Cc1cc2c(cc1N1CC1)OCO2. The Morgan fingerprint density at radius 3 is 2.54 bits per heavy atom. The summed E-state index contributed by atoms with van der Waals surface area (Å²) >= 11 is 0. The first-order valence-electron chi connectivity index (χ1n) is 4.50. The van der Waals surface area contributed by atoms with Gasteiger partial charge < -0.3 is 14.4 Å². The second-order valence-electron chi connectivity index (χ2n) is 3.48. The Balaban J connectivity index is 2.10. The van der Waals surface area contributed by atoms with Gasteiger partial charge >= 0.3 is 0 Å². The number of hydrogen-bond donors (Lipinski definition) is 0. The van der Waals surface area contributed by atoms with Crippen LogP contribution in [0.1, 0.15) is 5.56 Å². The molecule has 0 radical (unpaired) electrons. The molecule has 0 aliphatic carbocycles. The average molecular weight is 177 g/mol. The van der Waals surface area contributed by atoms with Crippen LogP contribution < -0.4 is 14.4 Å². The van der Waals surface area contributed by atoms with Crippen molar-refractivity contribution in [1.29, 1.82) is 0 Å². The zero-order valence-corrected chi connectivity index (χ0v) is 7.54. The number of hydrogen-bond acceptors (Lipinski definition) is 3. The zero-order valence-electron chi connectivity index (χ0n) is 7.54. The normalized spacial score (nSPS) is 17.8. The van der Waals surface area contributed by atoms with Crippen LogP contribution in [0.3, 0.4) is 0 Å². The minimum Gasteiger partial charge on any atom is -0.454 e. The number of nitrogens with zero attached hydrogens (tertiary/aromatic N) is 1. The van der Waals surface area contributed by atoms with Gasteiger partial charge in [-0.1, -0.05) is 0 Å². The van der Waals surface area contributed by atoms with Crippen LogP contribution in [0.25, 0.3) is 0 Å². The van der Waals surface area contributed by atoms with E-state index in [1.54, 1.807) is 0 Å². The molecule has 0 aromatic heterocycles. The van der Waals surface area contributed by atoms with E-state index < -0.39 is 0 Å². The van der Waals surface area contributed by atoms with Gasteiger partial charge in [0.25, 0.3) is 0 Å². The fraction of sp³-hybridized carbons (Fsp3) is 0.400. The molecule has 2 heterocycles. The topological polar surface area (TPSA) is 21.5 Å². The van der Waals surface area contributed by atoms with Crippen LogP contribution in [0.2, 0.25) is 0 Å². The van der Waals surface area contributed by atoms with Gasteiger partial charge in [0.1, 0.15) is 0 Å². The highest BCUT2D eigenvalue weighted by molar-refractivity contribution is 5.64. The van der Waals surface area contributed by atoms with Crippen molar-refractivity contribution < 1.29 is 9.47 Å². The van der Waals surface area contributed by atoms with E-state index in [0.717, 1.165) is 11.5 Å². The molecule has 1 saturated heterocycles. The van der Waals surface area contributed by atoms with Crippen LogP contribution in [0.4, 0.5) is 5.69 Å². The smallest absolute Gasteiger partial charge is 0.231 e. The van der Waals surface area contributed by atoms with Gasteiger partial charge in [0.15, 0.2) is 11.5 Å². The molecule has 3 heteroatoms. The van der Waals surface area contributed by atoms with Crippen molar-refractivity contribution in [1.82, 2.24) is 0 Å². The Labute approximate surface area is 76.9 Å². The first-order valence-corrected chi connectivity index (χ1v) is 4.50. The largest absolute Gasteiger partial charge is 0.454 e. The minimum absolute atomic E-state index is 0.359. The quantitative estimate of drug-likeness (QED) is 0.607. The van der Waals surface area contributed by atoms with Gasteiger partial charge in [-0.05, 0) is 18.6 Å². The Bertz CT molecular complexity index is 358. The molecule has 2 aliphatic rings. The summed E-state index contributed by atoms with van der Waals surface area (Å²) in [4.78, 5) is 2.32. The molecule has 0 saturated carbocycles. The lowest BCUT2D eigenvalue weighted by Gasteiger charge is -2.07. The van der Waals surface area contributed by atoms with Crippen molar-refractivity contribution in [2.24, 2.45) is 0 Å². The van der Waals surface area contributed by atoms with E-state index in [0.29, 0.717) is 6.79 Å². The van der Waals surface area contributed by atoms with Crippen LogP contribution >= 0.6 is 0 Å². The summed E-state index contributed by atoms with van der Waals surface area (Å²) < 4.78 is 10.6. The van der Waals surface area contributed by atoms with Crippen molar-refractivity contribution in [3.05, 3.63) is 17.7 Å². The summed E-state index contributed by atoms with van der Waals surface area (Å²) in [6.07, 6.45) is 0. The Kier molecular flexibility index (Phi) is 1.26. The maximum Gasteiger partial charge on any atom is 0.231 e. The summed E-state index contributed by atoms with van der Waals surface area (Å²) in [5.74, 6) is 1.76. The molecule has 1 fully saturated rings. The monoisotopic (exact) mass is 177 g/mol. The lowest BCUT2D eigenvalue weighted by Crippen LogP contribution is -1.94. The maximum atomic E-state index is 5.32. The molecule has 1 aromatic carbocycles. The van der Waals surface area contributed by atoms with E-state index in [9.17, 15) is 0 Å². The number of rotatable bonds is 1. The molecule has 13 heavy (non-hydrogen) atoms. The highest BCUT2D eigenvalue weighted by Crippen LogP contribution is 2.39. The van der Waals surface area contributed by atoms with Gasteiger partial charge in [-0.15, -0.1) is 0 Å². The molecule has 68 valence electrons. The third-order valence-corrected chi connectivity index (χ3v) is 2.48. The van der Waals surface area contributed by atoms with Crippen LogP contribution in [0.15, 0.2) is 12.1 Å². The van der Waals surface area contributed by atoms with E-state index in [1.165, 1.54) is 24.3 Å². The summed E-state index contributed by atoms with van der Waals surface area (Å²) in [5, 5.41) is 0. The molecule has 0 bridgehead atoms. The van der Waals surface area contributed by atoms with Crippen LogP contribution in [-0.2, 0) is 0 Å². The van der Waals surface area contributed by atoms with Crippen molar-refractivity contribution in [2.45, 2.75) is 6.92 Å². The van der Waals surface area contributed by atoms with E-state index in [-0.39, 0.29) is 0 Å². The highest BCUT2D eigenvalue weighted by Gasteiger charge is 2.23. The molecule has 3 rings (SSSR count). The third kappa shape index (κ3) is 1.03. The lowest BCUT2D eigenvalue weighted by molar-refractivity contribution is 0.174. The van der Waals surface area contributed by atoms with Gasteiger partial charge in [0.2, 0.25) is 6.79 Å². The number of benzene rings is 1. The van der Waals surface area contributed by atoms with Crippen molar-refractivity contribution in [2.75, 3.05) is 24.8 Å². The van der Waals surface area contributed by atoms with Crippen molar-refractivity contribution in [3.8, 4) is 11.5 Å². The Morgan fingerprint density at radius 1 is 1.15 bits per heavy atom. The summed E-state index contributed by atoms with van der Waals surface area (Å²) in [6.45, 7) is 4.80. The van der Waals surface area contributed by atoms with Gasteiger partial charge in [-0.2, -0.15) is 0 Å². The highest BCUT2D eigenvalue weighted by atomic mass is 16.7. The molecule has 0 N–H and O–H groups in total. The van der Waals surface area contributed by atoms with Crippen LogP contribution in [0.5, 0.6) is 11.5 Å². The first kappa shape index (κ1) is 7.06. The maximum absolute atomic E-state index is 5.32. The number of anilines is 1. The Hall–Kier alpha value is -1.38. The van der Waals surface area contributed by atoms with E-state index in [1.807, 2.05) is 0 Å². The van der Waals surface area contributed by atoms with Gasteiger partial charge in [-0.3, -0.25) is 0 Å². The van der Waals surface area contributed by atoms with Gasteiger partial charge in [0.05, 0.1) is 0 Å². The summed E-state index contributed by atoms with van der Waals surface area (Å²) in [7, 11) is 0. The molecule has 0 amide bonds. The lowest BCUT2D eigenvalue weighted by atomic mass is 10.2. The molecule has 3 nitrogen and oxygen atoms in total.